The number of hydrogen-bond donors (Lipinski definition) is 2. The second kappa shape index (κ2) is 4.29. The molecule has 0 saturated carbocycles. The number of rotatable bonds is 3. The molecule has 0 aliphatic heterocycles. The molecule has 1 amide bonds. The number of hydrogen-bond acceptors (Lipinski definition) is 3. The van der Waals surface area contributed by atoms with E-state index in [9.17, 15) is 4.79 Å². The number of carbonyl (C=O) groups is 1. The first-order valence-electron chi connectivity index (χ1n) is 5.24. The number of imidazole rings is 1. The van der Waals surface area contributed by atoms with Crippen LogP contribution >= 0.6 is 0 Å². The topological polar surface area (TPSA) is 86.9 Å². The number of aromatic nitrogens is 2. The monoisotopic (exact) mass is 230 g/mol. The zero-order valence-electron chi connectivity index (χ0n) is 9.55. The summed E-state index contributed by atoms with van der Waals surface area (Å²) in [4.78, 5) is 14.9. The van der Waals surface area contributed by atoms with E-state index >= 15 is 0 Å². The number of benzene rings is 1. The molecule has 0 atom stereocenters. The predicted molar refractivity (Wildman–Crippen MR) is 65.4 cm³/mol. The Kier molecular flexibility index (Phi) is 2.82. The third kappa shape index (κ3) is 2.28. The van der Waals surface area contributed by atoms with Gasteiger partial charge in [0.05, 0.1) is 12.9 Å². The average molecular weight is 230 g/mol. The van der Waals surface area contributed by atoms with Gasteiger partial charge in [0.25, 0.3) is 5.91 Å². The number of aryl methyl sites for hydroxylation is 1. The van der Waals surface area contributed by atoms with Gasteiger partial charge in [0.2, 0.25) is 0 Å². The van der Waals surface area contributed by atoms with E-state index in [1.54, 1.807) is 4.57 Å². The van der Waals surface area contributed by atoms with Crippen LogP contribution in [0.2, 0.25) is 0 Å². The Hall–Kier alpha value is -2.30. The minimum Gasteiger partial charge on any atom is -0.383 e. The summed E-state index contributed by atoms with van der Waals surface area (Å²) in [7, 11) is 0. The lowest BCUT2D eigenvalue weighted by Crippen LogP contribution is -2.14. The van der Waals surface area contributed by atoms with Crippen molar-refractivity contribution in [1.29, 1.82) is 0 Å². The molecule has 0 bridgehead atoms. The number of amides is 1. The molecular formula is C12H14N4O. The highest BCUT2D eigenvalue weighted by Gasteiger charge is 2.12. The summed E-state index contributed by atoms with van der Waals surface area (Å²) in [6.45, 7) is 2.60. The highest BCUT2D eigenvalue weighted by atomic mass is 16.1. The van der Waals surface area contributed by atoms with Gasteiger partial charge in [0, 0.05) is 0 Å². The van der Waals surface area contributed by atoms with Crippen molar-refractivity contribution in [1.82, 2.24) is 9.55 Å². The Labute approximate surface area is 99.1 Å². The molecule has 0 saturated heterocycles. The maximum absolute atomic E-state index is 11.0. The molecule has 5 nitrogen and oxygen atoms in total. The van der Waals surface area contributed by atoms with E-state index in [1.165, 1.54) is 11.9 Å². The van der Waals surface area contributed by atoms with Crippen LogP contribution < -0.4 is 11.5 Å². The zero-order valence-corrected chi connectivity index (χ0v) is 9.55. The van der Waals surface area contributed by atoms with Gasteiger partial charge in [0.15, 0.2) is 5.69 Å². The van der Waals surface area contributed by atoms with Crippen LogP contribution in [0.4, 0.5) is 5.82 Å². The molecule has 0 aliphatic rings. The number of primary amides is 1. The Bertz CT molecular complexity index is 542. The van der Waals surface area contributed by atoms with E-state index in [0.29, 0.717) is 12.4 Å². The lowest BCUT2D eigenvalue weighted by atomic mass is 10.1. The first-order chi connectivity index (χ1) is 8.08. The predicted octanol–water partition coefficient (Wildman–Crippen LogP) is 0.921. The van der Waals surface area contributed by atoms with Gasteiger partial charge in [-0.05, 0) is 12.5 Å². The molecule has 0 spiro atoms. The molecule has 2 aromatic rings. The lowest BCUT2D eigenvalue weighted by Gasteiger charge is -2.05. The SMILES string of the molecule is Cc1ccc(Cn2cnc(C(N)=O)c2N)cc1. The summed E-state index contributed by atoms with van der Waals surface area (Å²) in [6, 6.07) is 8.08. The number of anilines is 1. The van der Waals surface area contributed by atoms with Crippen molar-refractivity contribution in [3.63, 3.8) is 0 Å². The van der Waals surface area contributed by atoms with Crippen molar-refractivity contribution in [3.05, 3.63) is 47.4 Å². The summed E-state index contributed by atoms with van der Waals surface area (Å²) in [6.07, 6.45) is 1.52. The van der Waals surface area contributed by atoms with Crippen LogP contribution in [-0.4, -0.2) is 15.5 Å². The quantitative estimate of drug-likeness (QED) is 0.822. The highest BCUT2D eigenvalue weighted by molar-refractivity contribution is 5.95. The van der Waals surface area contributed by atoms with Crippen LogP contribution in [0.3, 0.4) is 0 Å². The molecule has 17 heavy (non-hydrogen) atoms. The van der Waals surface area contributed by atoms with Crippen molar-refractivity contribution in [3.8, 4) is 0 Å². The van der Waals surface area contributed by atoms with Crippen LogP contribution in [0.25, 0.3) is 0 Å². The molecule has 5 heteroatoms. The molecule has 4 N–H and O–H groups in total. The smallest absolute Gasteiger partial charge is 0.271 e. The van der Waals surface area contributed by atoms with E-state index in [-0.39, 0.29) is 5.69 Å². The van der Waals surface area contributed by atoms with Crippen molar-refractivity contribution >= 4 is 11.7 Å². The van der Waals surface area contributed by atoms with Gasteiger partial charge >= 0.3 is 0 Å². The van der Waals surface area contributed by atoms with Crippen molar-refractivity contribution < 1.29 is 4.79 Å². The van der Waals surface area contributed by atoms with Crippen LogP contribution in [-0.2, 0) is 6.54 Å². The van der Waals surface area contributed by atoms with Gasteiger partial charge < -0.3 is 16.0 Å². The minimum absolute atomic E-state index is 0.122. The molecule has 0 radical (unpaired) electrons. The largest absolute Gasteiger partial charge is 0.383 e. The van der Waals surface area contributed by atoms with Crippen LogP contribution in [0, 0.1) is 6.92 Å². The molecule has 1 aromatic heterocycles. The Balaban J connectivity index is 2.24. The summed E-state index contributed by atoms with van der Waals surface area (Å²) < 4.78 is 1.70. The second-order valence-corrected chi connectivity index (χ2v) is 3.96. The fourth-order valence-electron chi connectivity index (χ4n) is 1.60. The maximum Gasteiger partial charge on any atom is 0.271 e. The fourth-order valence-corrected chi connectivity index (χ4v) is 1.60. The minimum atomic E-state index is -0.606. The van der Waals surface area contributed by atoms with E-state index in [4.69, 9.17) is 11.5 Å². The van der Waals surface area contributed by atoms with Crippen molar-refractivity contribution in [2.45, 2.75) is 13.5 Å². The third-order valence-corrected chi connectivity index (χ3v) is 2.59. The molecule has 88 valence electrons. The standard InChI is InChI=1S/C12H14N4O/c1-8-2-4-9(5-3-8)6-16-7-15-10(11(16)13)12(14)17/h2-5,7H,6,13H2,1H3,(H2,14,17). The molecular weight excluding hydrogens is 216 g/mol. The highest BCUT2D eigenvalue weighted by Crippen LogP contribution is 2.12. The van der Waals surface area contributed by atoms with Gasteiger partial charge in [-0.2, -0.15) is 0 Å². The summed E-state index contributed by atoms with van der Waals surface area (Å²) in [5, 5.41) is 0. The second-order valence-electron chi connectivity index (χ2n) is 3.96. The van der Waals surface area contributed by atoms with E-state index in [2.05, 4.69) is 4.98 Å². The maximum atomic E-state index is 11.0. The molecule has 0 aliphatic carbocycles. The van der Waals surface area contributed by atoms with Gasteiger partial charge in [-0.3, -0.25) is 4.79 Å². The first kappa shape index (κ1) is 11.2. The van der Waals surface area contributed by atoms with Gasteiger partial charge in [-0.15, -0.1) is 0 Å². The fraction of sp³-hybridized carbons (Fsp3) is 0.167. The van der Waals surface area contributed by atoms with Crippen LogP contribution in [0.5, 0.6) is 0 Å². The third-order valence-electron chi connectivity index (χ3n) is 2.59. The Morgan fingerprint density at radius 1 is 1.35 bits per heavy atom. The average Bonchev–Trinajstić information content (AvgIpc) is 2.64. The molecule has 1 heterocycles. The van der Waals surface area contributed by atoms with E-state index in [0.717, 1.165) is 5.56 Å². The molecule has 2 rings (SSSR count). The zero-order chi connectivity index (χ0) is 12.4. The van der Waals surface area contributed by atoms with Crippen LogP contribution in [0.15, 0.2) is 30.6 Å². The van der Waals surface area contributed by atoms with Crippen LogP contribution in [0.1, 0.15) is 21.6 Å². The summed E-state index contributed by atoms with van der Waals surface area (Å²) >= 11 is 0. The number of carbonyl (C=O) groups excluding carboxylic acids is 1. The Morgan fingerprint density at radius 3 is 2.53 bits per heavy atom. The van der Waals surface area contributed by atoms with E-state index in [1.807, 2.05) is 31.2 Å². The molecule has 0 unspecified atom stereocenters. The summed E-state index contributed by atoms with van der Waals surface area (Å²) in [5.41, 5.74) is 13.3. The summed E-state index contributed by atoms with van der Waals surface area (Å²) in [5.74, 6) is -0.303. The van der Waals surface area contributed by atoms with Crippen molar-refractivity contribution in [2.75, 3.05) is 5.73 Å². The molecule has 1 aromatic carbocycles. The lowest BCUT2D eigenvalue weighted by molar-refractivity contribution is 0.0997. The van der Waals surface area contributed by atoms with Gasteiger partial charge in [-0.1, -0.05) is 29.8 Å². The first-order valence-corrected chi connectivity index (χ1v) is 5.24. The van der Waals surface area contributed by atoms with E-state index < -0.39 is 5.91 Å². The van der Waals surface area contributed by atoms with Gasteiger partial charge in [-0.25, -0.2) is 4.98 Å². The van der Waals surface area contributed by atoms with Gasteiger partial charge in [0.1, 0.15) is 5.82 Å². The van der Waals surface area contributed by atoms with Crippen molar-refractivity contribution in [2.24, 2.45) is 5.73 Å². The number of nitrogens with two attached hydrogens (primary N) is 2. The molecule has 0 fully saturated rings. The number of nitrogen functional groups attached to an aromatic ring is 1. The normalized spacial score (nSPS) is 10.4. The number of nitrogens with zero attached hydrogens (tertiary/aromatic N) is 2. The Morgan fingerprint density at radius 2 is 2.00 bits per heavy atom.